The predicted octanol–water partition coefficient (Wildman–Crippen LogP) is 0.271. The van der Waals surface area contributed by atoms with Gasteiger partial charge < -0.3 is 21.3 Å². The highest BCUT2D eigenvalue weighted by Gasteiger charge is 2.32. The lowest BCUT2D eigenvalue weighted by molar-refractivity contribution is -0.137. The van der Waals surface area contributed by atoms with E-state index in [0.29, 0.717) is 12.3 Å². The van der Waals surface area contributed by atoms with Crippen molar-refractivity contribution in [2.75, 3.05) is 13.1 Å². The number of amides is 2. The van der Waals surface area contributed by atoms with Gasteiger partial charge in [0.1, 0.15) is 11.9 Å². The molecule has 1 atom stereocenters. The SMILES string of the molecule is CC(C)CC(=O)N(C1CCNCC1)C1C=C[C]=C(C(N)=O)N1. The summed E-state index contributed by atoms with van der Waals surface area (Å²) in [5.74, 6) is -0.160. The Hall–Kier alpha value is -1.82. The number of dihydropyridines is 1. The maximum atomic E-state index is 12.7. The smallest absolute Gasteiger partial charge is 0.265 e. The Labute approximate surface area is 131 Å². The molecule has 1 radical (unpaired) electrons. The second-order valence-corrected chi connectivity index (χ2v) is 6.21. The highest BCUT2D eigenvalue weighted by atomic mass is 16.2. The zero-order chi connectivity index (χ0) is 16.1. The molecule has 0 spiro atoms. The molecule has 0 aromatic heterocycles. The number of piperidine rings is 1. The fourth-order valence-corrected chi connectivity index (χ4v) is 2.89. The van der Waals surface area contributed by atoms with Crippen LogP contribution in [0.5, 0.6) is 0 Å². The van der Waals surface area contributed by atoms with Gasteiger partial charge in [0.15, 0.2) is 0 Å². The molecule has 0 aromatic rings. The molecular weight excluding hydrogens is 280 g/mol. The number of primary amides is 1. The molecule has 2 amide bonds. The van der Waals surface area contributed by atoms with Crippen molar-refractivity contribution in [3.05, 3.63) is 23.9 Å². The number of allylic oxidation sites excluding steroid dienone is 2. The zero-order valence-corrected chi connectivity index (χ0v) is 13.3. The lowest BCUT2D eigenvalue weighted by Gasteiger charge is -2.40. The summed E-state index contributed by atoms with van der Waals surface area (Å²) in [5, 5.41) is 6.34. The Morgan fingerprint density at radius 2 is 2.09 bits per heavy atom. The van der Waals surface area contributed by atoms with E-state index < -0.39 is 5.91 Å². The molecule has 0 aromatic carbocycles. The van der Waals surface area contributed by atoms with E-state index in [1.807, 2.05) is 24.8 Å². The van der Waals surface area contributed by atoms with Crippen LogP contribution in [0.1, 0.15) is 33.1 Å². The van der Waals surface area contributed by atoms with E-state index in [9.17, 15) is 9.59 Å². The van der Waals surface area contributed by atoms with Crippen molar-refractivity contribution in [3.8, 4) is 0 Å². The minimum absolute atomic E-state index is 0.106. The third kappa shape index (κ3) is 4.10. The molecule has 2 aliphatic rings. The number of nitrogens with two attached hydrogens (primary N) is 1. The average molecular weight is 305 g/mol. The standard InChI is InChI=1S/C16H25N4O2/c1-11(2)10-15(21)20(12-6-8-18-9-7-12)14-5-3-4-13(19-14)16(17)22/h3,5,11-12,14,18-19H,6-10H2,1-2H3,(H2,17,22). The molecule has 4 N–H and O–H groups in total. The van der Waals surface area contributed by atoms with Gasteiger partial charge in [-0.3, -0.25) is 9.59 Å². The van der Waals surface area contributed by atoms with Crippen molar-refractivity contribution >= 4 is 11.8 Å². The summed E-state index contributed by atoms with van der Waals surface area (Å²) < 4.78 is 0. The fourth-order valence-electron chi connectivity index (χ4n) is 2.89. The number of rotatable bonds is 5. The lowest BCUT2D eigenvalue weighted by Crippen LogP contribution is -2.56. The first-order chi connectivity index (χ1) is 10.5. The van der Waals surface area contributed by atoms with Crippen molar-refractivity contribution in [1.29, 1.82) is 0 Å². The molecule has 0 saturated carbocycles. The van der Waals surface area contributed by atoms with Crippen LogP contribution in [0.2, 0.25) is 0 Å². The second kappa shape index (κ2) is 7.45. The van der Waals surface area contributed by atoms with Crippen LogP contribution in [-0.4, -0.2) is 42.0 Å². The van der Waals surface area contributed by atoms with Crippen molar-refractivity contribution < 1.29 is 9.59 Å². The van der Waals surface area contributed by atoms with Gasteiger partial charge in [-0.25, -0.2) is 0 Å². The zero-order valence-electron chi connectivity index (χ0n) is 13.3. The summed E-state index contributed by atoms with van der Waals surface area (Å²) in [5.41, 5.74) is 5.54. The van der Waals surface area contributed by atoms with Crippen LogP contribution in [-0.2, 0) is 9.59 Å². The van der Waals surface area contributed by atoms with E-state index >= 15 is 0 Å². The molecular formula is C16H25N4O2. The van der Waals surface area contributed by atoms with E-state index in [0.717, 1.165) is 25.9 Å². The Kier molecular flexibility index (Phi) is 5.60. The molecule has 6 nitrogen and oxygen atoms in total. The van der Waals surface area contributed by atoms with E-state index in [1.54, 1.807) is 6.08 Å². The topological polar surface area (TPSA) is 87.5 Å². The fraction of sp³-hybridized carbons (Fsp3) is 0.625. The van der Waals surface area contributed by atoms with Gasteiger partial charge in [-0.1, -0.05) is 19.9 Å². The number of hydrogen-bond acceptors (Lipinski definition) is 4. The van der Waals surface area contributed by atoms with Crippen molar-refractivity contribution in [2.45, 2.75) is 45.3 Å². The minimum atomic E-state index is -0.559. The monoisotopic (exact) mass is 305 g/mol. The number of hydrogen-bond donors (Lipinski definition) is 3. The third-order valence-corrected chi connectivity index (χ3v) is 3.92. The first-order valence-electron chi connectivity index (χ1n) is 7.87. The summed E-state index contributed by atoms with van der Waals surface area (Å²) in [4.78, 5) is 25.9. The van der Waals surface area contributed by atoms with E-state index in [2.05, 4.69) is 16.7 Å². The second-order valence-electron chi connectivity index (χ2n) is 6.21. The number of nitrogens with zero attached hydrogens (tertiary/aromatic N) is 1. The molecule has 1 fully saturated rings. The maximum absolute atomic E-state index is 12.7. The van der Waals surface area contributed by atoms with E-state index in [-0.39, 0.29) is 23.8 Å². The van der Waals surface area contributed by atoms with Gasteiger partial charge in [-0.15, -0.1) is 0 Å². The molecule has 0 aliphatic carbocycles. The molecule has 1 saturated heterocycles. The quantitative estimate of drug-likeness (QED) is 0.680. The molecule has 1 unspecified atom stereocenters. The number of carbonyl (C=O) groups is 2. The summed E-state index contributed by atoms with van der Waals surface area (Å²) in [6, 6.07) is 0.168. The molecule has 6 heteroatoms. The molecule has 2 heterocycles. The van der Waals surface area contributed by atoms with Gasteiger partial charge in [0, 0.05) is 18.5 Å². The number of carbonyl (C=O) groups excluding carboxylic acids is 2. The van der Waals surface area contributed by atoms with Crippen LogP contribution in [0, 0.1) is 12.0 Å². The van der Waals surface area contributed by atoms with Gasteiger partial charge in [0.2, 0.25) is 5.91 Å². The van der Waals surface area contributed by atoms with Crippen LogP contribution >= 0.6 is 0 Å². The molecule has 2 aliphatic heterocycles. The molecule has 2 rings (SSSR count). The normalized spacial score (nSPS) is 22.1. The van der Waals surface area contributed by atoms with Crippen LogP contribution in [0.25, 0.3) is 0 Å². The highest BCUT2D eigenvalue weighted by molar-refractivity contribution is 5.91. The van der Waals surface area contributed by atoms with Gasteiger partial charge in [0.25, 0.3) is 5.91 Å². The predicted molar refractivity (Wildman–Crippen MR) is 84.2 cm³/mol. The Morgan fingerprint density at radius 3 is 2.68 bits per heavy atom. The number of nitrogens with one attached hydrogen (secondary N) is 2. The van der Waals surface area contributed by atoms with Crippen LogP contribution < -0.4 is 16.4 Å². The van der Waals surface area contributed by atoms with Crippen LogP contribution in [0.3, 0.4) is 0 Å². The van der Waals surface area contributed by atoms with Crippen molar-refractivity contribution in [2.24, 2.45) is 11.7 Å². The Balaban J connectivity index is 2.16. The van der Waals surface area contributed by atoms with Gasteiger partial charge in [-0.05, 0) is 37.9 Å². The molecule has 0 bridgehead atoms. The van der Waals surface area contributed by atoms with E-state index in [1.165, 1.54) is 0 Å². The highest BCUT2D eigenvalue weighted by Crippen LogP contribution is 2.20. The van der Waals surface area contributed by atoms with Gasteiger partial charge in [-0.2, -0.15) is 0 Å². The summed E-state index contributed by atoms with van der Waals surface area (Å²) in [7, 11) is 0. The van der Waals surface area contributed by atoms with Crippen molar-refractivity contribution in [3.63, 3.8) is 0 Å². The van der Waals surface area contributed by atoms with Crippen molar-refractivity contribution in [1.82, 2.24) is 15.5 Å². The van der Waals surface area contributed by atoms with Crippen LogP contribution in [0.4, 0.5) is 0 Å². The van der Waals surface area contributed by atoms with Gasteiger partial charge in [0.05, 0.1) is 0 Å². The lowest BCUT2D eigenvalue weighted by atomic mass is 10.0. The third-order valence-electron chi connectivity index (χ3n) is 3.92. The molecule has 121 valence electrons. The Morgan fingerprint density at radius 1 is 1.41 bits per heavy atom. The molecule has 22 heavy (non-hydrogen) atoms. The summed E-state index contributed by atoms with van der Waals surface area (Å²) in [6.07, 6.45) is 8.29. The van der Waals surface area contributed by atoms with Gasteiger partial charge >= 0.3 is 0 Å². The average Bonchev–Trinajstić information content (AvgIpc) is 2.48. The largest absolute Gasteiger partial charge is 0.364 e. The van der Waals surface area contributed by atoms with E-state index in [4.69, 9.17) is 5.73 Å². The Bertz CT molecular complexity index is 479. The summed E-state index contributed by atoms with van der Waals surface area (Å²) in [6.45, 7) is 5.87. The van der Waals surface area contributed by atoms with Crippen LogP contribution in [0.15, 0.2) is 17.8 Å². The first kappa shape index (κ1) is 16.5. The minimum Gasteiger partial charge on any atom is -0.364 e. The summed E-state index contributed by atoms with van der Waals surface area (Å²) >= 11 is 0. The first-order valence-corrected chi connectivity index (χ1v) is 7.87. The maximum Gasteiger partial charge on any atom is 0.265 e.